The maximum atomic E-state index is 11.4. The molecule has 0 atom stereocenters. The van der Waals surface area contributed by atoms with Gasteiger partial charge in [0, 0.05) is 0 Å². The van der Waals surface area contributed by atoms with Gasteiger partial charge in [-0.15, -0.1) is 0 Å². The third-order valence-corrected chi connectivity index (χ3v) is 2.17. The Bertz CT molecular complexity index is 497. The summed E-state index contributed by atoms with van der Waals surface area (Å²) in [6.07, 6.45) is 1.39. The highest BCUT2D eigenvalue weighted by atomic mass is 16.4. The van der Waals surface area contributed by atoms with Gasteiger partial charge in [0.1, 0.15) is 0 Å². The normalized spacial score (nSPS) is 10.1. The van der Waals surface area contributed by atoms with E-state index in [1.54, 1.807) is 12.1 Å². The number of benzene rings is 1. The van der Waals surface area contributed by atoms with Crippen molar-refractivity contribution in [3.63, 3.8) is 0 Å². The van der Waals surface area contributed by atoms with E-state index in [1.165, 1.54) is 6.26 Å². The fraction of sp³-hybridized carbons (Fsp3) is 0.0833. The molecule has 2 aromatic rings. The summed E-state index contributed by atoms with van der Waals surface area (Å²) in [7, 11) is 0. The molecule has 2 nitrogen and oxygen atoms in total. The highest BCUT2D eigenvalue weighted by Gasteiger charge is 2.04. The fourth-order valence-electron chi connectivity index (χ4n) is 1.44. The SMILES string of the molecule is Cc1ccccc1-c1cccoc1=O. The zero-order valence-corrected chi connectivity index (χ0v) is 7.86. The second kappa shape index (κ2) is 3.50. The van der Waals surface area contributed by atoms with Gasteiger partial charge in [0.15, 0.2) is 0 Å². The van der Waals surface area contributed by atoms with Gasteiger partial charge in [0.25, 0.3) is 0 Å². The van der Waals surface area contributed by atoms with E-state index in [-0.39, 0.29) is 5.63 Å². The van der Waals surface area contributed by atoms with Crippen LogP contribution in [0.1, 0.15) is 5.56 Å². The Morgan fingerprint density at radius 1 is 1.00 bits per heavy atom. The maximum Gasteiger partial charge on any atom is 0.343 e. The first-order chi connectivity index (χ1) is 6.79. The van der Waals surface area contributed by atoms with E-state index in [2.05, 4.69) is 0 Å². The predicted octanol–water partition coefficient (Wildman–Crippen LogP) is 2.62. The Morgan fingerprint density at radius 2 is 1.71 bits per heavy atom. The summed E-state index contributed by atoms with van der Waals surface area (Å²) in [6.45, 7) is 1.97. The van der Waals surface area contributed by atoms with E-state index < -0.39 is 0 Å². The minimum Gasteiger partial charge on any atom is -0.431 e. The standard InChI is InChI=1S/C12H10O2/c1-9-5-2-3-6-10(9)11-7-4-8-14-12(11)13/h2-8H,1H3. The van der Waals surface area contributed by atoms with Crippen LogP contribution in [-0.4, -0.2) is 0 Å². The molecule has 0 aliphatic heterocycles. The van der Waals surface area contributed by atoms with Crippen LogP contribution in [0, 0.1) is 6.92 Å². The fourth-order valence-corrected chi connectivity index (χ4v) is 1.44. The summed E-state index contributed by atoms with van der Waals surface area (Å²) >= 11 is 0. The van der Waals surface area contributed by atoms with Gasteiger partial charge in [-0.3, -0.25) is 0 Å². The molecule has 2 rings (SSSR count). The van der Waals surface area contributed by atoms with E-state index in [9.17, 15) is 4.79 Å². The monoisotopic (exact) mass is 186 g/mol. The van der Waals surface area contributed by atoms with Crippen molar-refractivity contribution in [1.82, 2.24) is 0 Å². The molecule has 2 heteroatoms. The topological polar surface area (TPSA) is 30.2 Å². The van der Waals surface area contributed by atoms with Gasteiger partial charge < -0.3 is 4.42 Å². The summed E-state index contributed by atoms with van der Waals surface area (Å²) in [5.41, 5.74) is 2.33. The summed E-state index contributed by atoms with van der Waals surface area (Å²) in [5, 5.41) is 0. The van der Waals surface area contributed by atoms with Crippen LogP contribution in [-0.2, 0) is 0 Å². The lowest BCUT2D eigenvalue weighted by Gasteiger charge is -2.02. The zero-order valence-electron chi connectivity index (χ0n) is 7.86. The van der Waals surface area contributed by atoms with E-state index >= 15 is 0 Å². The van der Waals surface area contributed by atoms with Gasteiger partial charge in [0.2, 0.25) is 0 Å². The molecule has 0 saturated heterocycles. The first-order valence-corrected chi connectivity index (χ1v) is 4.43. The average molecular weight is 186 g/mol. The van der Waals surface area contributed by atoms with Gasteiger partial charge in [-0.25, -0.2) is 4.79 Å². The van der Waals surface area contributed by atoms with Crippen LogP contribution in [0.3, 0.4) is 0 Å². The van der Waals surface area contributed by atoms with E-state index in [4.69, 9.17) is 4.42 Å². The van der Waals surface area contributed by atoms with Crippen LogP contribution in [0.25, 0.3) is 11.1 Å². The highest BCUT2D eigenvalue weighted by Crippen LogP contribution is 2.18. The Morgan fingerprint density at radius 3 is 2.43 bits per heavy atom. The Hall–Kier alpha value is -1.83. The lowest BCUT2D eigenvalue weighted by Crippen LogP contribution is -2.01. The molecule has 0 unspecified atom stereocenters. The van der Waals surface area contributed by atoms with Crippen LogP contribution in [0.15, 0.2) is 51.9 Å². The van der Waals surface area contributed by atoms with Gasteiger partial charge in [-0.1, -0.05) is 24.3 Å². The Balaban J connectivity index is 2.67. The minimum atomic E-state index is -0.290. The van der Waals surface area contributed by atoms with Gasteiger partial charge in [0.05, 0.1) is 11.8 Å². The second-order valence-electron chi connectivity index (χ2n) is 3.13. The smallest absolute Gasteiger partial charge is 0.343 e. The second-order valence-corrected chi connectivity index (χ2v) is 3.13. The third-order valence-electron chi connectivity index (χ3n) is 2.17. The summed E-state index contributed by atoms with van der Waals surface area (Å²) < 4.78 is 4.81. The van der Waals surface area contributed by atoms with Gasteiger partial charge in [-0.2, -0.15) is 0 Å². The Kier molecular flexibility index (Phi) is 2.19. The lowest BCUT2D eigenvalue weighted by atomic mass is 10.0. The maximum absolute atomic E-state index is 11.4. The van der Waals surface area contributed by atoms with Crippen LogP contribution >= 0.6 is 0 Å². The molecule has 1 aromatic heterocycles. The van der Waals surface area contributed by atoms with Crippen molar-refractivity contribution in [2.45, 2.75) is 6.92 Å². The van der Waals surface area contributed by atoms with Crippen molar-refractivity contribution >= 4 is 0 Å². The molecule has 1 aromatic carbocycles. The minimum absolute atomic E-state index is 0.290. The van der Waals surface area contributed by atoms with E-state index in [0.29, 0.717) is 5.56 Å². The molecule has 0 saturated carbocycles. The highest BCUT2D eigenvalue weighted by molar-refractivity contribution is 5.65. The molecule has 70 valence electrons. The van der Waals surface area contributed by atoms with Crippen molar-refractivity contribution in [1.29, 1.82) is 0 Å². The molecule has 0 aliphatic rings. The summed E-state index contributed by atoms with van der Waals surface area (Å²) in [5.74, 6) is 0. The number of rotatable bonds is 1. The molecule has 0 radical (unpaired) electrons. The molecule has 0 N–H and O–H groups in total. The first-order valence-electron chi connectivity index (χ1n) is 4.43. The predicted molar refractivity (Wildman–Crippen MR) is 55.2 cm³/mol. The van der Waals surface area contributed by atoms with Crippen LogP contribution in [0.4, 0.5) is 0 Å². The number of hydrogen-bond donors (Lipinski definition) is 0. The molecule has 0 aliphatic carbocycles. The van der Waals surface area contributed by atoms with Crippen molar-refractivity contribution < 1.29 is 4.42 Å². The largest absolute Gasteiger partial charge is 0.431 e. The number of hydrogen-bond acceptors (Lipinski definition) is 2. The van der Waals surface area contributed by atoms with Crippen LogP contribution in [0.5, 0.6) is 0 Å². The van der Waals surface area contributed by atoms with Crippen LogP contribution < -0.4 is 5.63 Å². The summed E-state index contributed by atoms with van der Waals surface area (Å²) in [6, 6.07) is 11.2. The summed E-state index contributed by atoms with van der Waals surface area (Å²) in [4.78, 5) is 11.4. The Labute approximate surface area is 81.8 Å². The molecular weight excluding hydrogens is 176 g/mol. The van der Waals surface area contributed by atoms with Gasteiger partial charge in [-0.05, 0) is 30.2 Å². The van der Waals surface area contributed by atoms with Crippen molar-refractivity contribution in [3.05, 3.63) is 58.6 Å². The van der Waals surface area contributed by atoms with E-state index in [1.807, 2.05) is 31.2 Å². The molecule has 14 heavy (non-hydrogen) atoms. The third kappa shape index (κ3) is 1.46. The van der Waals surface area contributed by atoms with Crippen molar-refractivity contribution in [3.8, 4) is 11.1 Å². The van der Waals surface area contributed by atoms with Gasteiger partial charge >= 0.3 is 5.63 Å². The van der Waals surface area contributed by atoms with E-state index in [0.717, 1.165) is 11.1 Å². The quantitative estimate of drug-likeness (QED) is 0.685. The first kappa shape index (κ1) is 8.75. The van der Waals surface area contributed by atoms with Crippen LogP contribution in [0.2, 0.25) is 0 Å². The molecule has 0 amide bonds. The zero-order chi connectivity index (χ0) is 9.97. The van der Waals surface area contributed by atoms with Crippen molar-refractivity contribution in [2.24, 2.45) is 0 Å². The molecule has 0 bridgehead atoms. The lowest BCUT2D eigenvalue weighted by molar-refractivity contribution is 0.513. The molecular formula is C12H10O2. The number of aryl methyl sites for hydroxylation is 1. The average Bonchev–Trinajstić information content (AvgIpc) is 2.20. The molecule has 0 spiro atoms. The van der Waals surface area contributed by atoms with Crippen molar-refractivity contribution in [2.75, 3.05) is 0 Å². The molecule has 0 fully saturated rings. The molecule has 1 heterocycles.